The molecule has 3 N–H and O–H groups in total. The zero-order chi connectivity index (χ0) is 11.8. The molecule has 0 atom stereocenters. The molecule has 3 aromatic rings. The summed E-state index contributed by atoms with van der Waals surface area (Å²) in [4.78, 5) is 3.31. The molecule has 0 radical (unpaired) electrons. The number of aliphatic hydroxyl groups excluding tert-OH is 2. The minimum atomic E-state index is -0.0306. The highest BCUT2D eigenvalue weighted by molar-refractivity contribution is 6.08. The van der Waals surface area contributed by atoms with Gasteiger partial charge in [0.2, 0.25) is 0 Å². The van der Waals surface area contributed by atoms with Gasteiger partial charge in [0.15, 0.2) is 0 Å². The molecule has 3 rings (SSSR count). The highest BCUT2D eigenvalue weighted by Gasteiger charge is 2.09. The summed E-state index contributed by atoms with van der Waals surface area (Å²) >= 11 is 0. The quantitative estimate of drug-likeness (QED) is 0.629. The summed E-state index contributed by atoms with van der Waals surface area (Å²) in [7, 11) is 0. The maximum atomic E-state index is 9.38. The maximum Gasteiger partial charge on any atom is 0.0702 e. The van der Waals surface area contributed by atoms with Gasteiger partial charge in [-0.15, -0.1) is 0 Å². The number of fused-ring (bicyclic) bond motifs is 3. The van der Waals surface area contributed by atoms with E-state index >= 15 is 0 Å². The summed E-state index contributed by atoms with van der Waals surface area (Å²) in [6.45, 7) is -0.0421. The molecular weight excluding hydrogens is 214 g/mol. The van der Waals surface area contributed by atoms with E-state index in [0.29, 0.717) is 0 Å². The van der Waals surface area contributed by atoms with E-state index in [1.807, 2.05) is 36.4 Å². The van der Waals surface area contributed by atoms with Gasteiger partial charge in [0, 0.05) is 21.9 Å². The van der Waals surface area contributed by atoms with Crippen LogP contribution in [0, 0.1) is 0 Å². The van der Waals surface area contributed by atoms with Crippen molar-refractivity contribution in [3.05, 3.63) is 47.5 Å². The van der Waals surface area contributed by atoms with Crippen molar-refractivity contribution >= 4 is 21.8 Å². The number of H-pyrrole nitrogens is 1. The van der Waals surface area contributed by atoms with E-state index in [1.165, 1.54) is 0 Å². The topological polar surface area (TPSA) is 56.2 Å². The average Bonchev–Trinajstić information content (AvgIpc) is 2.76. The van der Waals surface area contributed by atoms with Crippen LogP contribution in [0.15, 0.2) is 36.4 Å². The Morgan fingerprint density at radius 3 is 2.53 bits per heavy atom. The smallest absolute Gasteiger partial charge is 0.0702 e. The van der Waals surface area contributed by atoms with Crippen LogP contribution in [0.1, 0.15) is 11.1 Å². The van der Waals surface area contributed by atoms with E-state index in [0.717, 1.165) is 32.9 Å². The number of aliphatic hydroxyl groups is 2. The number of aromatic amines is 1. The second-order valence-electron chi connectivity index (χ2n) is 4.16. The first-order chi connectivity index (χ1) is 8.33. The monoisotopic (exact) mass is 227 g/mol. The van der Waals surface area contributed by atoms with Crippen molar-refractivity contribution in [2.24, 2.45) is 0 Å². The number of hydrogen-bond donors (Lipinski definition) is 3. The van der Waals surface area contributed by atoms with Gasteiger partial charge in [-0.05, 0) is 23.8 Å². The van der Waals surface area contributed by atoms with Gasteiger partial charge in [-0.2, -0.15) is 0 Å². The van der Waals surface area contributed by atoms with Crippen LogP contribution in [-0.4, -0.2) is 15.2 Å². The molecule has 1 aromatic heterocycles. The Bertz CT molecular complexity index is 685. The second kappa shape index (κ2) is 3.87. The molecule has 3 nitrogen and oxygen atoms in total. The fourth-order valence-corrected chi connectivity index (χ4v) is 2.31. The molecule has 0 saturated carbocycles. The number of aromatic nitrogens is 1. The van der Waals surface area contributed by atoms with Crippen LogP contribution in [0.5, 0.6) is 0 Å². The van der Waals surface area contributed by atoms with Crippen LogP contribution in [0.3, 0.4) is 0 Å². The lowest BCUT2D eigenvalue weighted by molar-refractivity contribution is 0.276. The zero-order valence-corrected chi connectivity index (χ0v) is 9.27. The van der Waals surface area contributed by atoms with Gasteiger partial charge in [-0.3, -0.25) is 0 Å². The number of nitrogens with one attached hydrogen (secondary N) is 1. The van der Waals surface area contributed by atoms with Crippen molar-refractivity contribution in [3.8, 4) is 0 Å². The minimum Gasteiger partial charge on any atom is -0.392 e. The third-order valence-electron chi connectivity index (χ3n) is 3.11. The SMILES string of the molecule is OCc1cc(CO)c2[nH]c3ccccc3c2c1. The number of rotatable bonds is 2. The average molecular weight is 227 g/mol. The first-order valence-electron chi connectivity index (χ1n) is 5.57. The van der Waals surface area contributed by atoms with E-state index in [9.17, 15) is 10.2 Å². The Balaban J connectivity index is 2.47. The van der Waals surface area contributed by atoms with Gasteiger partial charge >= 0.3 is 0 Å². The molecule has 1 heterocycles. The lowest BCUT2D eigenvalue weighted by atomic mass is 10.1. The third kappa shape index (κ3) is 1.52. The molecule has 0 amide bonds. The van der Waals surface area contributed by atoms with Crippen molar-refractivity contribution in [1.29, 1.82) is 0 Å². The van der Waals surface area contributed by atoms with Gasteiger partial charge < -0.3 is 15.2 Å². The Morgan fingerprint density at radius 1 is 0.941 bits per heavy atom. The van der Waals surface area contributed by atoms with Crippen molar-refractivity contribution in [2.75, 3.05) is 0 Å². The maximum absolute atomic E-state index is 9.38. The molecule has 0 unspecified atom stereocenters. The molecule has 86 valence electrons. The Hall–Kier alpha value is -1.84. The summed E-state index contributed by atoms with van der Waals surface area (Å²) in [6.07, 6.45) is 0. The molecule has 0 aliphatic rings. The standard InChI is InChI=1S/C14H13NO2/c16-7-9-5-10(8-17)14-12(6-9)11-3-1-2-4-13(11)15-14/h1-6,15-17H,7-8H2. The fourth-order valence-electron chi connectivity index (χ4n) is 2.31. The molecule has 0 aliphatic heterocycles. The summed E-state index contributed by atoms with van der Waals surface area (Å²) < 4.78 is 0. The molecule has 0 bridgehead atoms. The van der Waals surface area contributed by atoms with Crippen LogP contribution in [0.25, 0.3) is 21.8 Å². The number of benzene rings is 2. The Morgan fingerprint density at radius 2 is 1.76 bits per heavy atom. The third-order valence-corrected chi connectivity index (χ3v) is 3.11. The summed E-state index contributed by atoms with van der Waals surface area (Å²) in [5.74, 6) is 0. The summed E-state index contributed by atoms with van der Waals surface area (Å²) in [6, 6.07) is 11.8. The normalized spacial score (nSPS) is 11.4. The van der Waals surface area contributed by atoms with Crippen LogP contribution in [0.4, 0.5) is 0 Å². The van der Waals surface area contributed by atoms with E-state index in [4.69, 9.17) is 0 Å². The van der Waals surface area contributed by atoms with Crippen molar-refractivity contribution in [3.63, 3.8) is 0 Å². The Labute approximate surface area is 98.3 Å². The molecule has 2 aromatic carbocycles. The lowest BCUT2D eigenvalue weighted by Gasteiger charge is -2.03. The zero-order valence-electron chi connectivity index (χ0n) is 9.27. The fraction of sp³-hybridized carbons (Fsp3) is 0.143. The first kappa shape index (κ1) is 10.3. The van der Waals surface area contributed by atoms with Gasteiger partial charge in [0.05, 0.1) is 18.7 Å². The van der Waals surface area contributed by atoms with E-state index in [2.05, 4.69) is 4.98 Å². The van der Waals surface area contributed by atoms with Crippen LogP contribution in [0.2, 0.25) is 0 Å². The lowest BCUT2D eigenvalue weighted by Crippen LogP contribution is -1.90. The molecule has 3 heteroatoms. The van der Waals surface area contributed by atoms with Gasteiger partial charge in [-0.25, -0.2) is 0 Å². The van der Waals surface area contributed by atoms with Crippen molar-refractivity contribution in [2.45, 2.75) is 13.2 Å². The van der Waals surface area contributed by atoms with Gasteiger partial charge in [0.1, 0.15) is 0 Å². The second-order valence-corrected chi connectivity index (χ2v) is 4.16. The largest absolute Gasteiger partial charge is 0.392 e. The molecule has 0 saturated heterocycles. The molecule has 17 heavy (non-hydrogen) atoms. The predicted molar refractivity (Wildman–Crippen MR) is 67.7 cm³/mol. The molecule has 0 aliphatic carbocycles. The molecule has 0 fully saturated rings. The summed E-state index contributed by atoms with van der Waals surface area (Å²) in [5.41, 5.74) is 3.65. The van der Waals surface area contributed by atoms with Crippen LogP contribution < -0.4 is 0 Å². The van der Waals surface area contributed by atoms with Gasteiger partial charge in [0.25, 0.3) is 0 Å². The summed E-state index contributed by atoms with van der Waals surface area (Å²) in [5, 5.41) is 20.8. The van der Waals surface area contributed by atoms with Crippen molar-refractivity contribution in [1.82, 2.24) is 4.98 Å². The van der Waals surface area contributed by atoms with E-state index in [-0.39, 0.29) is 13.2 Å². The highest BCUT2D eigenvalue weighted by atomic mass is 16.3. The van der Waals surface area contributed by atoms with E-state index in [1.54, 1.807) is 0 Å². The highest BCUT2D eigenvalue weighted by Crippen LogP contribution is 2.29. The number of hydrogen-bond acceptors (Lipinski definition) is 2. The van der Waals surface area contributed by atoms with Gasteiger partial charge in [-0.1, -0.05) is 18.2 Å². The van der Waals surface area contributed by atoms with Crippen LogP contribution in [-0.2, 0) is 13.2 Å². The molecular formula is C14H13NO2. The van der Waals surface area contributed by atoms with E-state index < -0.39 is 0 Å². The Kier molecular flexibility index (Phi) is 2.35. The first-order valence-corrected chi connectivity index (χ1v) is 5.57. The van der Waals surface area contributed by atoms with Crippen molar-refractivity contribution < 1.29 is 10.2 Å². The van der Waals surface area contributed by atoms with Crippen LogP contribution >= 0.6 is 0 Å². The molecule has 0 spiro atoms. The number of para-hydroxylation sites is 1. The minimum absolute atomic E-state index is 0.0115. The predicted octanol–water partition coefficient (Wildman–Crippen LogP) is 2.31.